The fourth-order valence-electron chi connectivity index (χ4n) is 2.87. The maximum absolute atomic E-state index is 13.2. The van der Waals surface area contributed by atoms with E-state index in [1.54, 1.807) is 11.0 Å². The molecule has 1 heterocycles. The first-order valence-corrected chi connectivity index (χ1v) is 10.4. The molecule has 1 aliphatic heterocycles. The lowest BCUT2D eigenvalue weighted by Crippen LogP contribution is -2.45. The van der Waals surface area contributed by atoms with E-state index in [0.717, 1.165) is 12.8 Å². The quantitative estimate of drug-likeness (QED) is 0.844. The molecule has 1 aromatic rings. The van der Waals surface area contributed by atoms with E-state index in [-0.39, 0.29) is 24.3 Å². The number of piperidine rings is 1. The molecule has 0 aliphatic carbocycles. The van der Waals surface area contributed by atoms with Crippen molar-refractivity contribution in [3.05, 3.63) is 35.6 Å². The first-order chi connectivity index (χ1) is 12.0. The first kappa shape index (κ1) is 20.6. The van der Waals surface area contributed by atoms with Crippen LogP contribution in [0.15, 0.2) is 24.3 Å². The van der Waals surface area contributed by atoms with Gasteiger partial charge in [-0.15, -0.1) is 0 Å². The van der Waals surface area contributed by atoms with Crippen LogP contribution in [-0.4, -0.2) is 44.6 Å². The molecule has 1 N–H and O–H groups in total. The molecule has 1 aromatic carbocycles. The summed E-state index contributed by atoms with van der Waals surface area (Å²) in [5, 5.41) is 0. The Morgan fingerprint density at radius 2 is 2.12 bits per heavy atom. The maximum atomic E-state index is 13.2. The first-order valence-electron chi connectivity index (χ1n) is 8.74. The predicted molar refractivity (Wildman–Crippen MR) is 97.6 cm³/mol. The lowest BCUT2D eigenvalue weighted by Gasteiger charge is -2.34. The third kappa shape index (κ3) is 6.92. The summed E-state index contributed by atoms with van der Waals surface area (Å²) in [6.07, 6.45) is 1.27. The van der Waals surface area contributed by atoms with Crippen LogP contribution in [0.2, 0.25) is 0 Å². The number of rotatable bonds is 5. The van der Waals surface area contributed by atoms with Crippen LogP contribution in [0.25, 0.3) is 0 Å². The van der Waals surface area contributed by atoms with Crippen LogP contribution < -0.4 is 4.72 Å². The standard InChI is InChI=1S/C18H27FN2O4S/c1-18(2,3)25-17(22)21-9-5-7-15(12-21)11-20-26(23,24)13-14-6-4-8-16(19)10-14/h4,6,8,10,15,20H,5,7,9,11-13H2,1-3H3. The summed E-state index contributed by atoms with van der Waals surface area (Å²) in [5.74, 6) is -0.704. The van der Waals surface area contributed by atoms with E-state index < -0.39 is 21.4 Å². The van der Waals surface area contributed by atoms with Crippen molar-refractivity contribution in [3.8, 4) is 0 Å². The minimum atomic E-state index is -3.57. The molecule has 0 bridgehead atoms. The zero-order valence-corrected chi connectivity index (χ0v) is 16.3. The number of benzene rings is 1. The number of nitrogens with zero attached hydrogens (tertiary/aromatic N) is 1. The third-order valence-corrected chi connectivity index (χ3v) is 5.33. The number of carbonyl (C=O) groups excluding carboxylic acids is 1. The molecule has 8 heteroatoms. The van der Waals surface area contributed by atoms with Crippen LogP contribution in [-0.2, 0) is 20.5 Å². The van der Waals surface area contributed by atoms with Crippen LogP contribution in [0, 0.1) is 11.7 Å². The van der Waals surface area contributed by atoms with Gasteiger partial charge in [0.15, 0.2) is 0 Å². The average molecular weight is 386 g/mol. The fraction of sp³-hybridized carbons (Fsp3) is 0.611. The highest BCUT2D eigenvalue weighted by Crippen LogP contribution is 2.19. The van der Waals surface area contributed by atoms with Crippen LogP contribution in [0.1, 0.15) is 39.2 Å². The summed E-state index contributed by atoms with van der Waals surface area (Å²) in [6, 6.07) is 5.55. The monoisotopic (exact) mass is 386 g/mol. The maximum Gasteiger partial charge on any atom is 0.410 e. The van der Waals surface area contributed by atoms with Gasteiger partial charge in [0.1, 0.15) is 11.4 Å². The van der Waals surface area contributed by atoms with Gasteiger partial charge in [-0.05, 0) is 57.2 Å². The SMILES string of the molecule is CC(C)(C)OC(=O)N1CCCC(CNS(=O)(=O)Cc2cccc(F)c2)C1. The smallest absolute Gasteiger partial charge is 0.410 e. The second-order valence-corrected chi connectivity index (χ2v) is 9.48. The van der Waals surface area contributed by atoms with E-state index in [4.69, 9.17) is 4.74 Å². The summed E-state index contributed by atoms with van der Waals surface area (Å²) in [6.45, 7) is 6.75. The molecule has 0 saturated carbocycles. The summed E-state index contributed by atoms with van der Waals surface area (Å²) in [7, 11) is -3.57. The van der Waals surface area contributed by atoms with E-state index in [2.05, 4.69) is 4.72 Å². The Labute approximate surface area is 154 Å². The Morgan fingerprint density at radius 3 is 2.77 bits per heavy atom. The van der Waals surface area contributed by atoms with Gasteiger partial charge in [-0.25, -0.2) is 22.3 Å². The van der Waals surface area contributed by atoms with Crippen LogP contribution in [0.3, 0.4) is 0 Å². The topological polar surface area (TPSA) is 75.7 Å². The lowest BCUT2D eigenvalue weighted by atomic mass is 9.99. The average Bonchev–Trinajstić information content (AvgIpc) is 2.51. The Kier molecular flexibility index (Phi) is 6.63. The van der Waals surface area contributed by atoms with E-state index >= 15 is 0 Å². The van der Waals surface area contributed by atoms with E-state index in [9.17, 15) is 17.6 Å². The van der Waals surface area contributed by atoms with Crippen molar-refractivity contribution in [3.63, 3.8) is 0 Å². The highest BCUT2D eigenvalue weighted by Gasteiger charge is 2.28. The van der Waals surface area contributed by atoms with E-state index in [1.807, 2.05) is 20.8 Å². The molecular weight excluding hydrogens is 359 g/mol. The van der Waals surface area contributed by atoms with E-state index in [0.29, 0.717) is 18.7 Å². The summed E-state index contributed by atoms with van der Waals surface area (Å²) in [5.41, 5.74) is -0.159. The number of ether oxygens (including phenoxy) is 1. The summed E-state index contributed by atoms with van der Waals surface area (Å²) < 4.78 is 45.6. The van der Waals surface area contributed by atoms with Gasteiger partial charge in [0, 0.05) is 19.6 Å². The van der Waals surface area contributed by atoms with Gasteiger partial charge in [0.2, 0.25) is 10.0 Å². The molecule has 0 spiro atoms. The molecular formula is C18H27FN2O4S. The van der Waals surface area contributed by atoms with Crippen LogP contribution >= 0.6 is 0 Å². The molecule has 146 valence electrons. The highest BCUT2D eigenvalue weighted by molar-refractivity contribution is 7.88. The molecule has 1 atom stereocenters. The molecule has 26 heavy (non-hydrogen) atoms. The van der Waals surface area contributed by atoms with Crippen LogP contribution in [0.4, 0.5) is 9.18 Å². The molecule has 0 aromatic heterocycles. The molecule has 6 nitrogen and oxygen atoms in total. The summed E-state index contributed by atoms with van der Waals surface area (Å²) in [4.78, 5) is 13.8. The largest absolute Gasteiger partial charge is 0.444 e. The fourth-order valence-corrected chi connectivity index (χ4v) is 4.08. The van der Waals surface area contributed by atoms with Gasteiger partial charge in [-0.3, -0.25) is 0 Å². The molecule has 2 rings (SSSR count). The Bertz CT molecular complexity index is 731. The molecule has 1 aliphatic rings. The van der Waals surface area contributed by atoms with Crippen molar-refractivity contribution >= 4 is 16.1 Å². The molecule has 1 amide bonds. The van der Waals surface area contributed by atoms with Crippen molar-refractivity contribution in [2.24, 2.45) is 5.92 Å². The Balaban J connectivity index is 1.87. The molecule has 1 unspecified atom stereocenters. The number of carbonyl (C=O) groups is 1. The van der Waals surface area contributed by atoms with Gasteiger partial charge in [0.05, 0.1) is 5.75 Å². The molecule has 1 fully saturated rings. The number of sulfonamides is 1. The number of amides is 1. The molecule has 0 radical (unpaired) electrons. The second-order valence-electron chi connectivity index (χ2n) is 7.67. The second kappa shape index (κ2) is 8.35. The zero-order valence-electron chi connectivity index (χ0n) is 15.5. The predicted octanol–water partition coefficient (Wildman–Crippen LogP) is 2.89. The van der Waals surface area contributed by atoms with Crippen molar-refractivity contribution in [1.82, 2.24) is 9.62 Å². The number of nitrogens with one attached hydrogen (secondary N) is 1. The Morgan fingerprint density at radius 1 is 1.38 bits per heavy atom. The minimum Gasteiger partial charge on any atom is -0.444 e. The van der Waals surface area contributed by atoms with Gasteiger partial charge in [-0.2, -0.15) is 0 Å². The van der Waals surface area contributed by atoms with Crippen molar-refractivity contribution in [2.75, 3.05) is 19.6 Å². The summed E-state index contributed by atoms with van der Waals surface area (Å²) >= 11 is 0. The number of hydrogen-bond acceptors (Lipinski definition) is 4. The normalized spacial score (nSPS) is 18.6. The highest BCUT2D eigenvalue weighted by atomic mass is 32.2. The lowest BCUT2D eigenvalue weighted by molar-refractivity contribution is 0.0169. The van der Waals surface area contributed by atoms with E-state index in [1.165, 1.54) is 18.2 Å². The molecule has 1 saturated heterocycles. The van der Waals surface area contributed by atoms with Crippen molar-refractivity contribution < 1.29 is 22.3 Å². The van der Waals surface area contributed by atoms with Gasteiger partial charge in [-0.1, -0.05) is 12.1 Å². The minimum absolute atomic E-state index is 0.0264. The number of likely N-dealkylation sites (tertiary alicyclic amines) is 1. The van der Waals surface area contributed by atoms with Crippen molar-refractivity contribution in [2.45, 2.75) is 45.0 Å². The Hall–Kier alpha value is -1.67. The van der Waals surface area contributed by atoms with Crippen LogP contribution in [0.5, 0.6) is 0 Å². The van der Waals surface area contributed by atoms with Gasteiger partial charge >= 0.3 is 6.09 Å². The number of halogens is 1. The van der Waals surface area contributed by atoms with Gasteiger partial charge in [0.25, 0.3) is 0 Å². The number of hydrogen-bond donors (Lipinski definition) is 1. The zero-order chi connectivity index (χ0) is 19.4. The van der Waals surface area contributed by atoms with Gasteiger partial charge < -0.3 is 9.64 Å². The van der Waals surface area contributed by atoms with Crippen molar-refractivity contribution in [1.29, 1.82) is 0 Å². The third-order valence-electron chi connectivity index (χ3n) is 4.01.